The van der Waals surface area contributed by atoms with Crippen LogP contribution in [0.4, 0.5) is 0 Å². The van der Waals surface area contributed by atoms with E-state index in [4.69, 9.17) is 37.9 Å². The molecule has 3 unspecified atom stereocenters. The first-order valence-corrected chi connectivity index (χ1v) is 28.9. The van der Waals surface area contributed by atoms with Gasteiger partial charge < -0.3 is 114 Å². The molecule has 30 atom stereocenters. The van der Waals surface area contributed by atoms with Crippen molar-refractivity contribution in [3.8, 4) is 0 Å². The molecule has 7 fully saturated rings. The summed E-state index contributed by atoms with van der Waals surface area (Å²) in [5.74, 6) is -0.404. The standard InChI is InChI=1S/C56H96O23/c1-10-56-18-17-26(54(56,8)19-34(60)55(9)28-13-16-35(52(4,5)27(28)12-14-33(55)56)77-49-46(70)42(66)39(63)31(22-59)75-49)24(2)11-15-36(53(6,7)71)78-51-47(79-50-44(68)37(61)25(3)29(20-57)73-50)43(67)40(64)32(76-51)23-72-48-45(69)41(65)38(62)30(21-58)74-48/h12,24-26,28-51,57-71H,10-11,13-23H2,1-9H3/t24-,25-,26?,28?,29-,30-,31-,32-,33?,34-,35+,36-,37+,38-,39-,40-,41+,42+,43+,44-,45-,46-,47-,48-,49+,50+,51+,54-,55+,56+/m1/s1. The van der Waals surface area contributed by atoms with Crippen molar-refractivity contribution in [3.05, 3.63) is 11.6 Å². The summed E-state index contributed by atoms with van der Waals surface area (Å²) in [6, 6.07) is 0. The third-order valence-corrected chi connectivity index (χ3v) is 21.5. The lowest BCUT2D eigenvalue weighted by molar-refractivity contribution is -0.378. The highest BCUT2D eigenvalue weighted by Crippen LogP contribution is 2.76. The Balaban J connectivity index is 0.999. The predicted octanol–water partition coefficient (Wildman–Crippen LogP) is -1.57. The van der Waals surface area contributed by atoms with Crippen molar-refractivity contribution in [2.75, 3.05) is 26.4 Å². The molecule has 4 saturated heterocycles. The number of hydrogen-bond donors (Lipinski definition) is 15. The number of allylic oxidation sites excluding steroid dienone is 1. The van der Waals surface area contributed by atoms with Crippen LogP contribution in [0.3, 0.4) is 0 Å². The number of hydrogen-bond acceptors (Lipinski definition) is 23. The summed E-state index contributed by atoms with van der Waals surface area (Å²) in [7, 11) is 0. The fourth-order valence-electron chi connectivity index (χ4n) is 16.4. The molecule has 0 spiro atoms. The Hall–Kier alpha value is -1.18. The van der Waals surface area contributed by atoms with Crippen LogP contribution in [-0.2, 0) is 37.9 Å². The van der Waals surface area contributed by atoms with Crippen LogP contribution in [0.5, 0.6) is 0 Å². The molecule has 0 aromatic rings. The number of rotatable bonds is 18. The van der Waals surface area contributed by atoms with Crippen LogP contribution < -0.4 is 0 Å². The predicted molar refractivity (Wildman–Crippen MR) is 275 cm³/mol. The van der Waals surface area contributed by atoms with Gasteiger partial charge in [-0.3, -0.25) is 0 Å². The second-order valence-electron chi connectivity index (χ2n) is 26.3. The van der Waals surface area contributed by atoms with Gasteiger partial charge in [0.1, 0.15) is 79.4 Å². The van der Waals surface area contributed by atoms with Crippen molar-refractivity contribution >= 4 is 0 Å². The highest BCUT2D eigenvalue weighted by molar-refractivity contribution is 5.32. The highest BCUT2D eigenvalue weighted by atomic mass is 16.8. The number of aliphatic hydroxyl groups excluding tert-OH is 14. The third kappa shape index (κ3) is 11.2. The minimum atomic E-state index is -1.87. The summed E-state index contributed by atoms with van der Waals surface area (Å²) >= 11 is 0. The van der Waals surface area contributed by atoms with Gasteiger partial charge in [-0.15, -0.1) is 0 Å². The smallest absolute Gasteiger partial charge is 0.187 e. The maximum atomic E-state index is 12.8. The van der Waals surface area contributed by atoms with Gasteiger partial charge in [-0.1, -0.05) is 60.1 Å². The van der Waals surface area contributed by atoms with Crippen molar-refractivity contribution in [1.82, 2.24) is 0 Å². The van der Waals surface area contributed by atoms with Gasteiger partial charge in [0.15, 0.2) is 25.2 Å². The molecule has 0 bridgehead atoms. The van der Waals surface area contributed by atoms with Crippen LogP contribution in [0.15, 0.2) is 11.6 Å². The largest absolute Gasteiger partial charge is 0.394 e. The molecule has 8 rings (SSSR count). The molecule has 4 aliphatic heterocycles. The van der Waals surface area contributed by atoms with Crippen molar-refractivity contribution in [2.24, 2.45) is 51.2 Å². The van der Waals surface area contributed by atoms with Gasteiger partial charge in [0.2, 0.25) is 0 Å². The topological polar surface area (TPSA) is 377 Å². The van der Waals surface area contributed by atoms with Gasteiger partial charge in [0, 0.05) is 16.7 Å². The minimum Gasteiger partial charge on any atom is -0.394 e. The van der Waals surface area contributed by atoms with Crippen molar-refractivity contribution < 1.29 is 114 Å². The van der Waals surface area contributed by atoms with Gasteiger partial charge in [0.25, 0.3) is 0 Å². The molecule has 15 N–H and O–H groups in total. The summed E-state index contributed by atoms with van der Waals surface area (Å²) in [4.78, 5) is 0. The molecular weight excluding hydrogens is 1040 g/mol. The minimum absolute atomic E-state index is 0.0195. The van der Waals surface area contributed by atoms with Gasteiger partial charge >= 0.3 is 0 Å². The van der Waals surface area contributed by atoms with Gasteiger partial charge in [-0.2, -0.15) is 0 Å². The summed E-state index contributed by atoms with van der Waals surface area (Å²) in [5, 5.41) is 163. The van der Waals surface area contributed by atoms with Crippen LogP contribution in [0.1, 0.15) is 120 Å². The maximum Gasteiger partial charge on any atom is 0.187 e. The molecule has 0 aromatic heterocycles. The molecule has 458 valence electrons. The first-order valence-electron chi connectivity index (χ1n) is 28.9. The first kappa shape index (κ1) is 63.8. The van der Waals surface area contributed by atoms with Crippen LogP contribution in [0, 0.1) is 51.2 Å². The summed E-state index contributed by atoms with van der Waals surface area (Å²) < 4.78 is 48.4. The lowest BCUT2D eigenvalue weighted by Gasteiger charge is -2.68. The highest BCUT2D eigenvalue weighted by Gasteiger charge is 2.71. The second-order valence-corrected chi connectivity index (χ2v) is 26.3. The molecule has 4 aliphatic carbocycles. The molecule has 0 aromatic carbocycles. The zero-order chi connectivity index (χ0) is 58.2. The van der Waals surface area contributed by atoms with Gasteiger partial charge in [0.05, 0.1) is 62.5 Å². The zero-order valence-electron chi connectivity index (χ0n) is 47.3. The average Bonchev–Trinajstić information content (AvgIpc) is 3.73. The lowest BCUT2D eigenvalue weighted by atomic mass is 9.37. The number of fused-ring (bicyclic) bond motifs is 5. The van der Waals surface area contributed by atoms with E-state index in [1.54, 1.807) is 20.8 Å². The molecular formula is C56H96O23. The Morgan fingerprint density at radius 2 is 1.19 bits per heavy atom. The lowest BCUT2D eigenvalue weighted by Crippen LogP contribution is -2.65. The molecule has 23 heteroatoms. The first-order chi connectivity index (χ1) is 37.0. The van der Waals surface area contributed by atoms with E-state index in [0.717, 1.165) is 25.7 Å². The SMILES string of the molecule is CC[C@@]12CCC([C@H](C)CC[C@@H](O[C@@H]3O[C@H](CO[C@@H]4O[C@H](CO)[C@@H](O)[C@H](O)[C@H]4O)[C@@H](O)[C@H](O)[C@H]3O[C@@H]3O[C@H](CO)[C@@H](C)[C@H](O)[C@H]3O)C(C)(C)O)[C@@]1(C)C[C@@H](O)[C@@]1(C)C3CC[C@H](O[C@@H]4O[C@H](CO)[C@@H](O)[C@H](O)[C@H]4O)C(C)(C)C3=CCC12. The van der Waals surface area contributed by atoms with E-state index in [1.807, 2.05) is 0 Å². The average molecular weight is 1140 g/mol. The summed E-state index contributed by atoms with van der Waals surface area (Å²) in [6.07, 6.45) is -23.0. The molecule has 8 aliphatic rings. The van der Waals surface area contributed by atoms with Gasteiger partial charge in [-0.25, -0.2) is 0 Å². The van der Waals surface area contributed by atoms with Gasteiger partial charge in [-0.05, 0) is 106 Å². The maximum absolute atomic E-state index is 12.8. The molecule has 0 radical (unpaired) electrons. The molecule has 0 amide bonds. The molecule has 3 saturated carbocycles. The Kier molecular flexibility index (Phi) is 19.6. The fourth-order valence-corrected chi connectivity index (χ4v) is 16.4. The second kappa shape index (κ2) is 24.3. The number of ether oxygens (including phenoxy) is 8. The molecule has 23 nitrogen and oxygen atoms in total. The van der Waals surface area contributed by atoms with Crippen LogP contribution in [-0.4, -0.2) is 244 Å². The third-order valence-electron chi connectivity index (χ3n) is 21.5. The van der Waals surface area contributed by atoms with Crippen molar-refractivity contribution in [3.63, 3.8) is 0 Å². The Bertz CT molecular complexity index is 2040. The van der Waals surface area contributed by atoms with E-state index in [0.29, 0.717) is 25.7 Å². The van der Waals surface area contributed by atoms with Crippen molar-refractivity contribution in [1.29, 1.82) is 0 Å². The van der Waals surface area contributed by atoms with Crippen LogP contribution in [0.25, 0.3) is 0 Å². The van der Waals surface area contributed by atoms with E-state index < -0.39 is 184 Å². The van der Waals surface area contributed by atoms with Crippen LogP contribution in [0.2, 0.25) is 0 Å². The van der Waals surface area contributed by atoms with E-state index >= 15 is 0 Å². The Morgan fingerprint density at radius 3 is 1.78 bits per heavy atom. The van der Waals surface area contributed by atoms with E-state index in [-0.39, 0.29) is 40.9 Å². The Labute approximate surface area is 463 Å². The normalized spacial score (nSPS) is 50.9. The van der Waals surface area contributed by atoms with Crippen molar-refractivity contribution in [2.45, 2.75) is 261 Å². The Morgan fingerprint density at radius 1 is 0.646 bits per heavy atom. The van der Waals surface area contributed by atoms with E-state index in [1.165, 1.54) is 5.57 Å². The summed E-state index contributed by atoms with van der Waals surface area (Å²) in [5.41, 5.74) is -1.92. The fraction of sp³-hybridized carbons (Fsp3) is 0.964. The quantitative estimate of drug-likeness (QED) is 0.0690. The van der Waals surface area contributed by atoms with E-state index in [2.05, 4.69) is 47.6 Å². The van der Waals surface area contributed by atoms with Crippen LogP contribution >= 0.6 is 0 Å². The van der Waals surface area contributed by atoms with E-state index in [9.17, 15) is 76.6 Å². The summed E-state index contributed by atoms with van der Waals surface area (Å²) in [6.45, 7) is 15.5. The monoisotopic (exact) mass is 1140 g/mol. The number of aliphatic hydroxyl groups is 15. The molecule has 4 heterocycles. The molecule has 79 heavy (non-hydrogen) atoms. The zero-order valence-corrected chi connectivity index (χ0v) is 47.3.